The van der Waals surface area contributed by atoms with Gasteiger partial charge in [-0.3, -0.25) is 0 Å². The first-order chi connectivity index (χ1) is 10.2. The SMILES string of the molecule is CCNc1ncnc(N(C)CC2CCN(C)CC2)c1OC. The Labute approximate surface area is 127 Å². The first kappa shape index (κ1) is 15.8. The average Bonchev–Trinajstić information content (AvgIpc) is 2.49. The highest BCUT2D eigenvalue weighted by Gasteiger charge is 2.21. The molecule has 1 aliphatic heterocycles. The van der Waals surface area contributed by atoms with E-state index in [-0.39, 0.29) is 0 Å². The summed E-state index contributed by atoms with van der Waals surface area (Å²) >= 11 is 0. The van der Waals surface area contributed by atoms with Gasteiger partial charge in [0.15, 0.2) is 11.6 Å². The molecule has 2 rings (SSSR count). The number of anilines is 2. The summed E-state index contributed by atoms with van der Waals surface area (Å²) in [6.45, 7) is 6.23. The Bertz CT molecular complexity index is 446. The second kappa shape index (κ2) is 7.45. The largest absolute Gasteiger partial charge is 0.490 e. The highest BCUT2D eigenvalue weighted by molar-refractivity contribution is 5.64. The van der Waals surface area contributed by atoms with Crippen molar-refractivity contribution in [2.24, 2.45) is 5.92 Å². The van der Waals surface area contributed by atoms with Gasteiger partial charge in [0.25, 0.3) is 0 Å². The summed E-state index contributed by atoms with van der Waals surface area (Å²) in [4.78, 5) is 13.3. The number of hydrogen-bond acceptors (Lipinski definition) is 6. The number of rotatable bonds is 6. The maximum Gasteiger partial charge on any atom is 0.204 e. The lowest BCUT2D eigenvalue weighted by molar-refractivity contribution is 0.222. The van der Waals surface area contributed by atoms with Gasteiger partial charge in [0.1, 0.15) is 6.33 Å². The molecule has 2 heterocycles. The van der Waals surface area contributed by atoms with E-state index in [2.05, 4.69) is 39.2 Å². The van der Waals surface area contributed by atoms with E-state index < -0.39 is 0 Å². The van der Waals surface area contributed by atoms with Crippen LogP contribution in [0.2, 0.25) is 0 Å². The van der Waals surface area contributed by atoms with Crippen LogP contribution < -0.4 is 15.0 Å². The van der Waals surface area contributed by atoms with Crippen LogP contribution in [0.15, 0.2) is 6.33 Å². The molecule has 1 aliphatic rings. The average molecular weight is 293 g/mol. The number of ether oxygens (including phenoxy) is 1. The molecule has 1 saturated heterocycles. The van der Waals surface area contributed by atoms with E-state index in [0.29, 0.717) is 5.92 Å². The molecule has 1 aromatic heterocycles. The van der Waals surface area contributed by atoms with Gasteiger partial charge >= 0.3 is 0 Å². The fraction of sp³-hybridized carbons (Fsp3) is 0.733. The second-order valence-corrected chi connectivity index (χ2v) is 5.74. The molecule has 118 valence electrons. The van der Waals surface area contributed by atoms with Crippen LogP contribution in [0.3, 0.4) is 0 Å². The maximum atomic E-state index is 5.52. The quantitative estimate of drug-likeness (QED) is 0.861. The first-order valence-corrected chi connectivity index (χ1v) is 7.68. The Morgan fingerprint density at radius 2 is 2.10 bits per heavy atom. The van der Waals surface area contributed by atoms with E-state index in [1.807, 2.05) is 6.92 Å². The fourth-order valence-electron chi connectivity index (χ4n) is 2.84. The molecule has 0 radical (unpaired) electrons. The number of methoxy groups -OCH3 is 1. The molecule has 0 unspecified atom stereocenters. The molecular weight excluding hydrogens is 266 g/mol. The Morgan fingerprint density at radius 1 is 1.38 bits per heavy atom. The predicted molar refractivity (Wildman–Crippen MR) is 86.2 cm³/mol. The summed E-state index contributed by atoms with van der Waals surface area (Å²) < 4.78 is 5.52. The van der Waals surface area contributed by atoms with Crippen LogP contribution in [0.4, 0.5) is 11.6 Å². The lowest BCUT2D eigenvalue weighted by Gasteiger charge is -2.32. The van der Waals surface area contributed by atoms with Gasteiger partial charge in [-0.25, -0.2) is 9.97 Å². The molecule has 0 atom stereocenters. The molecule has 1 N–H and O–H groups in total. The van der Waals surface area contributed by atoms with Gasteiger partial charge < -0.3 is 19.9 Å². The molecule has 0 saturated carbocycles. The topological polar surface area (TPSA) is 53.5 Å². The summed E-state index contributed by atoms with van der Waals surface area (Å²) in [5, 5.41) is 3.22. The van der Waals surface area contributed by atoms with Crippen molar-refractivity contribution in [3.8, 4) is 5.75 Å². The van der Waals surface area contributed by atoms with E-state index in [4.69, 9.17) is 4.74 Å². The van der Waals surface area contributed by atoms with Crippen LogP contribution >= 0.6 is 0 Å². The maximum absolute atomic E-state index is 5.52. The van der Waals surface area contributed by atoms with Crippen molar-refractivity contribution < 1.29 is 4.74 Å². The van der Waals surface area contributed by atoms with Gasteiger partial charge in [-0.2, -0.15) is 0 Å². The molecule has 1 fully saturated rings. The molecule has 0 aromatic carbocycles. The monoisotopic (exact) mass is 293 g/mol. The van der Waals surface area contributed by atoms with Crippen molar-refractivity contribution in [1.82, 2.24) is 14.9 Å². The zero-order chi connectivity index (χ0) is 15.2. The third kappa shape index (κ3) is 3.97. The molecule has 21 heavy (non-hydrogen) atoms. The molecule has 6 heteroatoms. The third-order valence-corrected chi connectivity index (χ3v) is 4.07. The number of hydrogen-bond donors (Lipinski definition) is 1. The van der Waals surface area contributed by atoms with Gasteiger partial charge in [0, 0.05) is 20.1 Å². The van der Waals surface area contributed by atoms with E-state index in [1.54, 1.807) is 13.4 Å². The van der Waals surface area contributed by atoms with Gasteiger partial charge in [-0.05, 0) is 45.8 Å². The molecule has 6 nitrogen and oxygen atoms in total. The van der Waals surface area contributed by atoms with Crippen LogP contribution in [0.25, 0.3) is 0 Å². The van der Waals surface area contributed by atoms with Crippen LogP contribution in [0, 0.1) is 5.92 Å². The zero-order valence-corrected chi connectivity index (χ0v) is 13.6. The normalized spacial score (nSPS) is 16.8. The Kier molecular flexibility index (Phi) is 5.61. The Morgan fingerprint density at radius 3 is 2.71 bits per heavy atom. The summed E-state index contributed by atoms with van der Waals surface area (Å²) in [6.07, 6.45) is 4.09. The molecule has 1 aromatic rings. The highest BCUT2D eigenvalue weighted by Crippen LogP contribution is 2.32. The van der Waals surface area contributed by atoms with Gasteiger partial charge in [-0.1, -0.05) is 0 Å². The van der Waals surface area contributed by atoms with Crippen molar-refractivity contribution in [2.45, 2.75) is 19.8 Å². The molecule has 0 amide bonds. The van der Waals surface area contributed by atoms with Crippen molar-refractivity contribution in [3.63, 3.8) is 0 Å². The van der Waals surface area contributed by atoms with Crippen LogP contribution in [0.5, 0.6) is 5.75 Å². The predicted octanol–water partition coefficient (Wildman–Crippen LogP) is 1.69. The molecule has 0 aliphatic carbocycles. The second-order valence-electron chi connectivity index (χ2n) is 5.74. The zero-order valence-electron chi connectivity index (χ0n) is 13.6. The Hall–Kier alpha value is -1.56. The minimum Gasteiger partial charge on any atom is -0.490 e. The van der Waals surface area contributed by atoms with E-state index in [1.165, 1.54) is 25.9 Å². The van der Waals surface area contributed by atoms with E-state index in [0.717, 1.165) is 30.5 Å². The number of aromatic nitrogens is 2. The molecule has 0 spiro atoms. The highest BCUT2D eigenvalue weighted by atomic mass is 16.5. The summed E-state index contributed by atoms with van der Waals surface area (Å²) in [5.74, 6) is 3.07. The van der Waals surface area contributed by atoms with Gasteiger partial charge in [-0.15, -0.1) is 0 Å². The van der Waals surface area contributed by atoms with Crippen LogP contribution in [-0.2, 0) is 0 Å². The lowest BCUT2D eigenvalue weighted by Crippen LogP contribution is -2.36. The van der Waals surface area contributed by atoms with Crippen LogP contribution in [0.1, 0.15) is 19.8 Å². The van der Waals surface area contributed by atoms with Gasteiger partial charge in [0.2, 0.25) is 5.75 Å². The van der Waals surface area contributed by atoms with Crippen LogP contribution in [-0.4, -0.2) is 62.3 Å². The minimum atomic E-state index is 0.716. The van der Waals surface area contributed by atoms with E-state index >= 15 is 0 Å². The number of nitrogens with zero attached hydrogens (tertiary/aromatic N) is 4. The fourth-order valence-corrected chi connectivity index (χ4v) is 2.84. The van der Waals surface area contributed by atoms with Crippen molar-refractivity contribution in [1.29, 1.82) is 0 Å². The van der Waals surface area contributed by atoms with E-state index in [9.17, 15) is 0 Å². The van der Waals surface area contributed by atoms with Crippen molar-refractivity contribution in [2.75, 3.05) is 57.6 Å². The van der Waals surface area contributed by atoms with Gasteiger partial charge in [0.05, 0.1) is 7.11 Å². The summed E-state index contributed by atoms with van der Waals surface area (Å²) in [7, 11) is 5.95. The minimum absolute atomic E-state index is 0.716. The van der Waals surface area contributed by atoms with Crippen molar-refractivity contribution >= 4 is 11.6 Å². The Balaban J connectivity index is 2.07. The first-order valence-electron chi connectivity index (χ1n) is 7.68. The standard InChI is InChI=1S/C15H27N5O/c1-5-16-14-13(21-4)15(18-11-17-14)20(3)10-12-6-8-19(2)9-7-12/h11-12H,5-10H2,1-4H3,(H,16,17,18). The number of likely N-dealkylation sites (tertiary alicyclic amines) is 1. The number of piperidine rings is 1. The summed E-state index contributed by atoms with van der Waals surface area (Å²) in [6, 6.07) is 0. The molecular formula is C15H27N5O. The third-order valence-electron chi connectivity index (χ3n) is 4.07. The molecule has 0 bridgehead atoms. The number of nitrogens with one attached hydrogen (secondary N) is 1. The lowest BCUT2D eigenvalue weighted by atomic mass is 9.97. The smallest absolute Gasteiger partial charge is 0.204 e. The van der Waals surface area contributed by atoms with Crippen molar-refractivity contribution in [3.05, 3.63) is 6.33 Å². The summed E-state index contributed by atoms with van der Waals surface area (Å²) in [5.41, 5.74) is 0.